The molecule has 2 aromatic rings. The summed E-state index contributed by atoms with van der Waals surface area (Å²) in [5, 5.41) is 0. The number of carbonyl (C=O) groups excluding carboxylic acids is 1. The molecular weight excluding hydrogens is 323 g/mol. The van der Waals surface area contributed by atoms with Crippen LogP contribution in [0.1, 0.15) is 61.4 Å². The largest absolute Gasteiger partial charge is 0.466 e. The summed E-state index contributed by atoms with van der Waals surface area (Å²) in [5.41, 5.74) is 2.14. The van der Waals surface area contributed by atoms with Crippen molar-refractivity contribution in [3.05, 3.63) is 71.3 Å². The van der Waals surface area contributed by atoms with E-state index in [4.69, 9.17) is 9.31 Å². The lowest BCUT2D eigenvalue weighted by atomic mass is 9.65. The quantitative estimate of drug-likeness (QED) is 0.563. The molecule has 0 radical (unpaired) electrons. The fraction of sp³-hybridized carbons (Fsp3) is 0.409. The highest BCUT2D eigenvalue weighted by Crippen LogP contribution is 2.42. The van der Waals surface area contributed by atoms with Gasteiger partial charge in [0.15, 0.2) is 5.78 Å². The minimum absolute atomic E-state index is 0.103. The summed E-state index contributed by atoms with van der Waals surface area (Å²) in [6.45, 7) is 10.2. The van der Waals surface area contributed by atoms with Gasteiger partial charge in [-0.1, -0.05) is 60.2 Å². The van der Waals surface area contributed by atoms with Crippen LogP contribution in [-0.4, -0.2) is 24.1 Å². The van der Waals surface area contributed by atoms with E-state index < -0.39 is 18.3 Å². The van der Waals surface area contributed by atoms with Crippen molar-refractivity contribution in [1.29, 1.82) is 0 Å². The average molecular weight is 350 g/mol. The maximum Gasteiger partial charge on any atom is 0.466 e. The summed E-state index contributed by atoms with van der Waals surface area (Å²) in [6, 6.07) is 17.7. The first-order valence-electron chi connectivity index (χ1n) is 9.20. The molecule has 2 aromatic carbocycles. The van der Waals surface area contributed by atoms with Gasteiger partial charge in [0.1, 0.15) is 0 Å². The lowest BCUT2D eigenvalue weighted by Gasteiger charge is -2.32. The second kappa shape index (κ2) is 7.01. The summed E-state index contributed by atoms with van der Waals surface area (Å²) in [7, 11) is -0.449. The summed E-state index contributed by atoms with van der Waals surface area (Å²) in [4.78, 5) is 12.9. The predicted octanol–water partition coefficient (Wildman–Crippen LogP) is 4.98. The highest BCUT2D eigenvalue weighted by Gasteiger charge is 2.54. The van der Waals surface area contributed by atoms with Gasteiger partial charge in [0.25, 0.3) is 0 Å². The maximum atomic E-state index is 12.9. The first-order valence-corrected chi connectivity index (χ1v) is 9.20. The van der Waals surface area contributed by atoms with Crippen LogP contribution in [0.4, 0.5) is 0 Å². The van der Waals surface area contributed by atoms with Crippen molar-refractivity contribution in [3.8, 4) is 0 Å². The molecule has 0 N–H and O–H groups in total. The third-order valence-electron chi connectivity index (χ3n) is 5.61. The molecule has 4 heteroatoms. The Kier molecular flexibility index (Phi) is 5.09. The van der Waals surface area contributed by atoms with Gasteiger partial charge in [0.05, 0.1) is 11.2 Å². The lowest BCUT2D eigenvalue weighted by molar-refractivity contribution is 0.00578. The molecule has 1 aliphatic rings. The first-order chi connectivity index (χ1) is 12.2. The minimum atomic E-state index is -0.449. The zero-order chi connectivity index (χ0) is 18.9. The Morgan fingerprint density at radius 2 is 1.46 bits per heavy atom. The van der Waals surface area contributed by atoms with E-state index in [9.17, 15) is 4.79 Å². The molecule has 0 amide bonds. The zero-order valence-electron chi connectivity index (χ0n) is 16.3. The van der Waals surface area contributed by atoms with E-state index in [1.54, 1.807) is 0 Å². The molecule has 0 unspecified atom stereocenters. The van der Waals surface area contributed by atoms with Crippen LogP contribution in [0.15, 0.2) is 54.6 Å². The average Bonchev–Trinajstić information content (AvgIpc) is 2.82. The number of Topliss-reactive ketones (excluding diaryl/α,β-unsaturated/α-hetero) is 1. The van der Waals surface area contributed by atoms with Crippen LogP contribution in [-0.2, 0) is 9.31 Å². The van der Waals surface area contributed by atoms with Gasteiger partial charge in [-0.25, -0.2) is 0 Å². The van der Waals surface area contributed by atoms with E-state index in [-0.39, 0.29) is 11.6 Å². The topological polar surface area (TPSA) is 35.5 Å². The van der Waals surface area contributed by atoms with Crippen molar-refractivity contribution >= 4 is 12.9 Å². The third-order valence-corrected chi connectivity index (χ3v) is 5.61. The highest BCUT2D eigenvalue weighted by atomic mass is 16.7. The Morgan fingerprint density at radius 1 is 0.923 bits per heavy atom. The van der Waals surface area contributed by atoms with Crippen LogP contribution in [0.5, 0.6) is 0 Å². The smallest absolute Gasteiger partial charge is 0.403 e. The molecule has 136 valence electrons. The highest BCUT2D eigenvalue weighted by molar-refractivity contribution is 6.48. The molecule has 1 atom stereocenters. The monoisotopic (exact) mass is 350 g/mol. The van der Waals surface area contributed by atoms with E-state index in [0.717, 1.165) is 11.1 Å². The number of hydrogen-bond acceptors (Lipinski definition) is 3. The standard InChI is InChI=1S/C22H27BO3/c1-16-11-13-17(14-12-16)19(15-20(24)18-9-7-6-8-10-18)23-25-21(2,3)22(4,5)26-23/h6-14,19H,15H2,1-5H3/t19-/m1/s1. The molecule has 3 nitrogen and oxygen atoms in total. The second-order valence-corrected chi connectivity index (χ2v) is 8.14. The van der Waals surface area contributed by atoms with Gasteiger partial charge in [-0.3, -0.25) is 4.79 Å². The number of hydrogen-bond donors (Lipinski definition) is 0. The molecule has 26 heavy (non-hydrogen) atoms. The molecule has 0 spiro atoms. The zero-order valence-corrected chi connectivity index (χ0v) is 16.3. The van der Waals surface area contributed by atoms with Crippen molar-refractivity contribution < 1.29 is 14.1 Å². The number of rotatable bonds is 5. The van der Waals surface area contributed by atoms with Crippen LogP contribution in [0, 0.1) is 6.92 Å². The number of benzene rings is 2. The van der Waals surface area contributed by atoms with Crippen LogP contribution in [0.2, 0.25) is 0 Å². The molecule has 1 saturated heterocycles. The Hall–Kier alpha value is -1.91. The van der Waals surface area contributed by atoms with Gasteiger partial charge in [-0.05, 0) is 40.2 Å². The lowest BCUT2D eigenvalue weighted by Crippen LogP contribution is -2.41. The molecule has 0 bridgehead atoms. The van der Waals surface area contributed by atoms with Gasteiger partial charge in [0, 0.05) is 17.8 Å². The van der Waals surface area contributed by atoms with Crippen molar-refractivity contribution in [2.75, 3.05) is 0 Å². The molecule has 3 rings (SSSR count). The number of aryl methyl sites for hydroxylation is 1. The van der Waals surface area contributed by atoms with Crippen LogP contribution in [0.3, 0.4) is 0 Å². The molecule has 1 aliphatic heterocycles. The molecule has 0 aromatic heterocycles. The minimum Gasteiger partial charge on any atom is -0.403 e. The summed E-state index contributed by atoms with van der Waals surface area (Å²) in [6.07, 6.45) is 0.351. The molecule has 0 saturated carbocycles. The SMILES string of the molecule is Cc1ccc([C@@H](CC(=O)c2ccccc2)B2OC(C)(C)C(C)(C)O2)cc1. The van der Waals surface area contributed by atoms with Crippen LogP contribution >= 0.6 is 0 Å². The van der Waals surface area contributed by atoms with Gasteiger partial charge < -0.3 is 9.31 Å². The van der Waals surface area contributed by atoms with Gasteiger partial charge in [0.2, 0.25) is 0 Å². The number of carbonyl (C=O) groups is 1. The van der Waals surface area contributed by atoms with E-state index in [2.05, 4.69) is 31.2 Å². The Labute approximate surface area is 156 Å². The Balaban J connectivity index is 1.90. The van der Waals surface area contributed by atoms with Crippen LogP contribution in [0.25, 0.3) is 0 Å². The summed E-state index contributed by atoms with van der Waals surface area (Å²) < 4.78 is 12.5. The summed E-state index contributed by atoms with van der Waals surface area (Å²) >= 11 is 0. The van der Waals surface area contributed by atoms with E-state index in [0.29, 0.717) is 6.42 Å². The Bertz CT molecular complexity index is 750. The molecule has 1 heterocycles. The molecular formula is C22H27BO3. The van der Waals surface area contributed by atoms with Crippen molar-refractivity contribution in [1.82, 2.24) is 0 Å². The van der Waals surface area contributed by atoms with Gasteiger partial charge >= 0.3 is 7.12 Å². The van der Waals surface area contributed by atoms with Crippen molar-refractivity contribution in [3.63, 3.8) is 0 Å². The summed E-state index contributed by atoms with van der Waals surface area (Å²) in [5.74, 6) is -0.0461. The first kappa shape index (κ1) is 18.9. The van der Waals surface area contributed by atoms with Crippen molar-refractivity contribution in [2.24, 2.45) is 0 Å². The second-order valence-electron chi connectivity index (χ2n) is 8.14. The van der Waals surface area contributed by atoms with Crippen LogP contribution < -0.4 is 0 Å². The Morgan fingerprint density at radius 3 is 2.00 bits per heavy atom. The predicted molar refractivity (Wildman–Crippen MR) is 105 cm³/mol. The maximum absolute atomic E-state index is 12.9. The molecule has 1 fully saturated rings. The fourth-order valence-corrected chi connectivity index (χ4v) is 3.18. The van der Waals surface area contributed by atoms with Crippen molar-refractivity contribution in [2.45, 2.75) is 58.1 Å². The molecule has 0 aliphatic carbocycles. The van der Waals surface area contributed by atoms with E-state index in [1.807, 2.05) is 58.0 Å². The third kappa shape index (κ3) is 3.77. The van der Waals surface area contributed by atoms with E-state index in [1.165, 1.54) is 5.56 Å². The fourth-order valence-electron chi connectivity index (χ4n) is 3.18. The van der Waals surface area contributed by atoms with Gasteiger partial charge in [-0.15, -0.1) is 0 Å². The number of ketones is 1. The van der Waals surface area contributed by atoms with Gasteiger partial charge in [-0.2, -0.15) is 0 Å². The van der Waals surface area contributed by atoms with E-state index >= 15 is 0 Å². The normalized spacial score (nSPS) is 19.3.